The van der Waals surface area contributed by atoms with Crippen molar-refractivity contribution in [1.29, 1.82) is 0 Å². The highest BCUT2D eigenvalue weighted by Crippen LogP contribution is 2.35. The van der Waals surface area contributed by atoms with Gasteiger partial charge in [0.25, 0.3) is 0 Å². The molecule has 0 atom stereocenters. The molecule has 0 aromatic carbocycles. The number of halogens is 3. The molecule has 120 valence electrons. The highest BCUT2D eigenvalue weighted by atomic mass is 32.1. The Kier molecular flexibility index (Phi) is 5.83. The molecule has 2 heterocycles. The number of ether oxygens (including phenoxy) is 1. The summed E-state index contributed by atoms with van der Waals surface area (Å²) in [6.45, 7) is 4.39. The first-order valence-electron chi connectivity index (χ1n) is 6.97. The number of thiazole rings is 1. The molecule has 8 heteroatoms. The molecule has 0 radical (unpaired) electrons. The van der Waals surface area contributed by atoms with Gasteiger partial charge in [-0.15, -0.1) is 0 Å². The average molecular weight is 323 g/mol. The molecule has 1 aromatic heterocycles. The molecule has 2 rings (SSSR count). The molecule has 4 nitrogen and oxygen atoms in total. The van der Waals surface area contributed by atoms with Crippen molar-refractivity contribution in [3.63, 3.8) is 0 Å². The minimum Gasteiger partial charge on any atom is -0.383 e. The van der Waals surface area contributed by atoms with Crippen molar-refractivity contribution >= 4 is 16.5 Å². The third kappa shape index (κ3) is 5.12. The Morgan fingerprint density at radius 3 is 2.71 bits per heavy atom. The summed E-state index contributed by atoms with van der Waals surface area (Å²) in [6.07, 6.45) is -1.31. The van der Waals surface area contributed by atoms with Crippen molar-refractivity contribution in [2.24, 2.45) is 5.92 Å². The van der Waals surface area contributed by atoms with E-state index in [0.717, 1.165) is 45.3 Å². The molecule has 0 saturated carbocycles. The van der Waals surface area contributed by atoms with E-state index in [4.69, 9.17) is 4.74 Å². The van der Waals surface area contributed by atoms with Gasteiger partial charge >= 0.3 is 6.18 Å². The van der Waals surface area contributed by atoms with E-state index in [-0.39, 0.29) is 0 Å². The maximum atomic E-state index is 12.5. The van der Waals surface area contributed by atoms with E-state index in [2.05, 4.69) is 15.2 Å². The van der Waals surface area contributed by atoms with Gasteiger partial charge in [-0.1, -0.05) is 11.3 Å². The SMILES string of the molecule is COCCN1CCC(CNc2ncc(C(F)(F)F)s2)CC1. The summed E-state index contributed by atoms with van der Waals surface area (Å²) in [5, 5.41) is 3.38. The van der Waals surface area contributed by atoms with E-state index in [9.17, 15) is 13.2 Å². The van der Waals surface area contributed by atoms with Crippen LogP contribution in [0.15, 0.2) is 6.20 Å². The zero-order valence-electron chi connectivity index (χ0n) is 11.9. The van der Waals surface area contributed by atoms with Gasteiger partial charge in [-0.3, -0.25) is 0 Å². The maximum Gasteiger partial charge on any atom is 0.427 e. The van der Waals surface area contributed by atoms with Crippen LogP contribution in [0.2, 0.25) is 0 Å². The number of hydrogen-bond acceptors (Lipinski definition) is 5. The van der Waals surface area contributed by atoms with Gasteiger partial charge < -0.3 is 15.0 Å². The van der Waals surface area contributed by atoms with Crippen LogP contribution in [0.4, 0.5) is 18.3 Å². The van der Waals surface area contributed by atoms with Crippen LogP contribution in [0, 0.1) is 5.92 Å². The van der Waals surface area contributed by atoms with Gasteiger partial charge in [0, 0.05) is 20.2 Å². The predicted molar refractivity (Wildman–Crippen MR) is 76.6 cm³/mol. The molecule has 1 aromatic rings. The van der Waals surface area contributed by atoms with Crippen molar-refractivity contribution in [2.45, 2.75) is 19.0 Å². The summed E-state index contributed by atoms with van der Waals surface area (Å²) >= 11 is 0.666. The summed E-state index contributed by atoms with van der Waals surface area (Å²) in [4.78, 5) is 5.48. The van der Waals surface area contributed by atoms with E-state index in [1.807, 2.05) is 0 Å². The predicted octanol–water partition coefficient (Wildman–Crippen LogP) is 2.93. The smallest absolute Gasteiger partial charge is 0.383 e. The Balaban J connectivity index is 1.71. The fourth-order valence-electron chi connectivity index (χ4n) is 2.35. The number of methoxy groups -OCH3 is 1. The van der Waals surface area contributed by atoms with Crippen LogP contribution >= 0.6 is 11.3 Å². The number of piperidine rings is 1. The molecule has 1 aliphatic rings. The van der Waals surface area contributed by atoms with Crippen LogP contribution in [0.25, 0.3) is 0 Å². The first-order valence-corrected chi connectivity index (χ1v) is 7.79. The van der Waals surface area contributed by atoms with Crippen molar-refractivity contribution in [3.05, 3.63) is 11.1 Å². The quantitative estimate of drug-likeness (QED) is 0.873. The first-order chi connectivity index (χ1) is 9.99. The third-order valence-electron chi connectivity index (χ3n) is 3.65. The number of likely N-dealkylation sites (tertiary alicyclic amines) is 1. The fraction of sp³-hybridized carbons (Fsp3) is 0.769. The molecule has 0 aliphatic carbocycles. The summed E-state index contributed by atoms with van der Waals surface area (Å²) in [7, 11) is 1.69. The molecule has 0 spiro atoms. The number of alkyl halides is 3. The second-order valence-electron chi connectivity index (χ2n) is 5.19. The van der Waals surface area contributed by atoms with Gasteiger partial charge in [-0.2, -0.15) is 13.2 Å². The van der Waals surface area contributed by atoms with E-state index in [1.165, 1.54) is 0 Å². The van der Waals surface area contributed by atoms with Crippen molar-refractivity contribution < 1.29 is 17.9 Å². The van der Waals surface area contributed by atoms with Crippen LogP contribution in [0.3, 0.4) is 0 Å². The summed E-state index contributed by atoms with van der Waals surface area (Å²) in [5.41, 5.74) is 0. The van der Waals surface area contributed by atoms with Crippen LogP contribution < -0.4 is 5.32 Å². The molecule has 0 amide bonds. The second kappa shape index (κ2) is 7.42. The third-order valence-corrected chi connectivity index (χ3v) is 4.65. The fourth-order valence-corrected chi connectivity index (χ4v) is 3.04. The van der Waals surface area contributed by atoms with Crippen LogP contribution in [0.1, 0.15) is 17.7 Å². The lowest BCUT2D eigenvalue weighted by atomic mass is 9.97. The van der Waals surface area contributed by atoms with Crippen LogP contribution in [-0.4, -0.2) is 49.8 Å². The van der Waals surface area contributed by atoms with E-state index in [1.54, 1.807) is 7.11 Å². The van der Waals surface area contributed by atoms with Crippen LogP contribution in [0.5, 0.6) is 0 Å². The molecule has 1 aliphatic heterocycles. The zero-order chi connectivity index (χ0) is 15.3. The van der Waals surface area contributed by atoms with Crippen molar-refractivity contribution in [3.8, 4) is 0 Å². The van der Waals surface area contributed by atoms with Gasteiger partial charge in [0.2, 0.25) is 0 Å². The topological polar surface area (TPSA) is 37.4 Å². The number of nitrogens with zero attached hydrogens (tertiary/aromatic N) is 2. The molecule has 1 N–H and O–H groups in total. The van der Waals surface area contributed by atoms with Gasteiger partial charge in [0.1, 0.15) is 4.88 Å². The highest BCUT2D eigenvalue weighted by molar-refractivity contribution is 7.15. The Morgan fingerprint density at radius 2 is 2.14 bits per heavy atom. The molecule has 0 unspecified atom stereocenters. The maximum absolute atomic E-state index is 12.5. The second-order valence-corrected chi connectivity index (χ2v) is 6.22. The molecular weight excluding hydrogens is 303 g/mol. The number of nitrogens with one attached hydrogen (secondary N) is 1. The number of rotatable bonds is 6. The zero-order valence-corrected chi connectivity index (χ0v) is 12.8. The average Bonchev–Trinajstić information content (AvgIpc) is 2.93. The minimum atomic E-state index is -4.30. The van der Waals surface area contributed by atoms with Crippen LogP contribution in [-0.2, 0) is 10.9 Å². The molecule has 1 fully saturated rings. The highest BCUT2D eigenvalue weighted by Gasteiger charge is 2.33. The Morgan fingerprint density at radius 1 is 1.43 bits per heavy atom. The van der Waals surface area contributed by atoms with Gasteiger partial charge in [-0.05, 0) is 31.8 Å². The summed E-state index contributed by atoms with van der Waals surface area (Å²) < 4.78 is 42.5. The Hall–Kier alpha value is -0.860. The van der Waals surface area contributed by atoms with E-state index >= 15 is 0 Å². The number of anilines is 1. The lowest BCUT2D eigenvalue weighted by Gasteiger charge is -2.31. The molecule has 21 heavy (non-hydrogen) atoms. The van der Waals surface area contributed by atoms with E-state index in [0.29, 0.717) is 28.9 Å². The van der Waals surface area contributed by atoms with Gasteiger partial charge in [0.05, 0.1) is 12.8 Å². The van der Waals surface area contributed by atoms with Crippen molar-refractivity contribution in [1.82, 2.24) is 9.88 Å². The van der Waals surface area contributed by atoms with E-state index < -0.39 is 11.1 Å². The lowest BCUT2D eigenvalue weighted by molar-refractivity contribution is -0.134. The van der Waals surface area contributed by atoms with Gasteiger partial charge in [0.15, 0.2) is 5.13 Å². The minimum absolute atomic E-state index is 0.351. The number of aromatic nitrogens is 1. The Labute approximate surface area is 126 Å². The van der Waals surface area contributed by atoms with Gasteiger partial charge in [-0.25, -0.2) is 4.98 Å². The lowest BCUT2D eigenvalue weighted by Crippen LogP contribution is -2.37. The first kappa shape index (κ1) is 16.5. The summed E-state index contributed by atoms with van der Waals surface area (Å²) in [6, 6.07) is 0. The standard InChI is InChI=1S/C13H20F3N3OS/c1-20-7-6-19-4-2-10(3-5-19)8-17-12-18-9-11(21-12)13(14,15)16/h9-10H,2-8H2,1H3,(H,17,18). The molecule has 0 bridgehead atoms. The monoisotopic (exact) mass is 323 g/mol. The Bertz CT molecular complexity index is 431. The normalized spacial score (nSPS) is 18.1. The molecule has 1 saturated heterocycles. The van der Waals surface area contributed by atoms with Crippen molar-refractivity contribution in [2.75, 3.05) is 45.2 Å². The molecular formula is C13H20F3N3OS. The summed E-state index contributed by atoms with van der Waals surface area (Å²) in [5.74, 6) is 0.488. The largest absolute Gasteiger partial charge is 0.427 e. The number of hydrogen-bond donors (Lipinski definition) is 1.